The lowest BCUT2D eigenvalue weighted by atomic mass is 10.2. The summed E-state index contributed by atoms with van der Waals surface area (Å²) in [6.45, 7) is 3.69. The highest BCUT2D eigenvalue weighted by Crippen LogP contribution is 2.09. The number of carbonyl (C=O) groups excluding carboxylic acids is 1. The van der Waals surface area contributed by atoms with Gasteiger partial charge in [-0.05, 0) is 25.5 Å². The van der Waals surface area contributed by atoms with Crippen LogP contribution in [-0.2, 0) is 14.8 Å². The van der Waals surface area contributed by atoms with Crippen LogP contribution in [0.25, 0.3) is 0 Å². The summed E-state index contributed by atoms with van der Waals surface area (Å²) < 4.78 is 30.2. The number of hydrogen-bond donors (Lipinski definition) is 1. The van der Waals surface area contributed by atoms with Crippen molar-refractivity contribution in [3.8, 4) is 11.8 Å². The van der Waals surface area contributed by atoms with Crippen molar-refractivity contribution in [1.29, 1.82) is 0 Å². The zero-order chi connectivity index (χ0) is 15.0. The molecule has 6 heteroatoms. The SMILES string of the molecule is CCCC#CCOC(=O)NS(=O)(=O)c1ccc(C)cc1. The molecule has 1 aromatic rings. The van der Waals surface area contributed by atoms with E-state index in [1.165, 1.54) is 12.1 Å². The van der Waals surface area contributed by atoms with Gasteiger partial charge in [0.1, 0.15) is 0 Å². The van der Waals surface area contributed by atoms with Crippen LogP contribution in [0.15, 0.2) is 29.2 Å². The third-order valence-corrected chi connectivity index (χ3v) is 3.65. The fraction of sp³-hybridized carbons (Fsp3) is 0.357. The Bertz CT molecular complexity index is 609. The van der Waals surface area contributed by atoms with Crippen LogP contribution in [0.1, 0.15) is 25.3 Å². The molecule has 0 radical (unpaired) electrons. The topological polar surface area (TPSA) is 72.5 Å². The van der Waals surface area contributed by atoms with Crippen LogP contribution in [0.2, 0.25) is 0 Å². The summed E-state index contributed by atoms with van der Waals surface area (Å²) in [6, 6.07) is 6.14. The normalized spacial score (nSPS) is 10.3. The summed E-state index contributed by atoms with van der Waals surface area (Å²) in [5.41, 5.74) is 0.928. The molecular weight excluding hydrogens is 278 g/mol. The van der Waals surface area contributed by atoms with Crippen molar-refractivity contribution in [3.63, 3.8) is 0 Å². The minimum atomic E-state index is -3.90. The fourth-order valence-corrected chi connectivity index (χ4v) is 2.17. The molecule has 0 aliphatic heterocycles. The van der Waals surface area contributed by atoms with Crippen LogP contribution in [0.5, 0.6) is 0 Å². The van der Waals surface area contributed by atoms with E-state index in [2.05, 4.69) is 16.6 Å². The molecule has 0 atom stereocenters. The molecular formula is C14H17NO4S. The maximum atomic E-state index is 11.8. The van der Waals surface area contributed by atoms with Gasteiger partial charge in [0.25, 0.3) is 10.0 Å². The number of hydrogen-bond acceptors (Lipinski definition) is 4. The molecule has 0 fully saturated rings. The molecule has 0 unspecified atom stereocenters. The largest absolute Gasteiger partial charge is 0.436 e. The summed E-state index contributed by atoms with van der Waals surface area (Å²) in [4.78, 5) is 11.4. The monoisotopic (exact) mass is 295 g/mol. The molecule has 1 aromatic carbocycles. The molecule has 0 heterocycles. The Morgan fingerprint density at radius 3 is 2.50 bits per heavy atom. The van der Waals surface area contributed by atoms with Crippen LogP contribution in [-0.4, -0.2) is 21.1 Å². The van der Waals surface area contributed by atoms with E-state index in [4.69, 9.17) is 0 Å². The minimum absolute atomic E-state index is 0.0112. The van der Waals surface area contributed by atoms with E-state index in [1.54, 1.807) is 12.1 Å². The molecule has 0 aromatic heterocycles. The van der Waals surface area contributed by atoms with Gasteiger partial charge in [0, 0.05) is 6.42 Å². The van der Waals surface area contributed by atoms with Crippen molar-refractivity contribution in [2.45, 2.75) is 31.6 Å². The first-order valence-corrected chi connectivity index (χ1v) is 7.66. The van der Waals surface area contributed by atoms with Gasteiger partial charge in [-0.25, -0.2) is 17.9 Å². The number of benzene rings is 1. The third-order valence-electron chi connectivity index (χ3n) is 2.32. The summed E-state index contributed by atoms with van der Waals surface area (Å²) in [6.07, 6.45) is 0.601. The molecule has 1 N–H and O–H groups in total. The Morgan fingerprint density at radius 2 is 1.90 bits per heavy atom. The molecule has 108 valence electrons. The van der Waals surface area contributed by atoms with Crippen LogP contribution in [0.4, 0.5) is 4.79 Å². The first-order chi connectivity index (χ1) is 9.45. The maximum absolute atomic E-state index is 11.8. The van der Waals surface area contributed by atoms with Gasteiger partial charge in [0.2, 0.25) is 0 Å². The number of rotatable bonds is 4. The first-order valence-electron chi connectivity index (χ1n) is 6.17. The number of amides is 1. The van der Waals surface area contributed by atoms with Gasteiger partial charge in [-0.1, -0.05) is 36.5 Å². The Kier molecular flexibility index (Phi) is 6.07. The maximum Gasteiger partial charge on any atom is 0.422 e. The average molecular weight is 295 g/mol. The molecule has 1 rings (SSSR count). The van der Waals surface area contributed by atoms with E-state index >= 15 is 0 Å². The van der Waals surface area contributed by atoms with Crippen molar-refractivity contribution in [3.05, 3.63) is 29.8 Å². The standard InChI is InChI=1S/C14H17NO4S/c1-3-4-5-6-11-19-14(16)15-20(17,18)13-9-7-12(2)8-10-13/h7-10H,3-4,11H2,1-2H3,(H,15,16). The zero-order valence-corrected chi connectivity index (χ0v) is 12.3. The Morgan fingerprint density at radius 1 is 1.25 bits per heavy atom. The van der Waals surface area contributed by atoms with Crippen LogP contribution < -0.4 is 4.72 Å². The molecule has 5 nitrogen and oxygen atoms in total. The molecule has 0 saturated carbocycles. The van der Waals surface area contributed by atoms with Gasteiger partial charge < -0.3 is 4.74 Å². The van der Waals surface area contributed by atoms with Crippen LogP contribution in [0, 0.1) is 18.8 Å². The lowest BCUT2D eigenvalue weighted by Gasteiger charge is -2.06. The smallest absolute Gasteiger partial charge is 0.422 e. The number of unbranched alkanes of at least 4 members (excludes halogenated alkanes) is 1. The summed E-state index contributed by atoms with van der Waals surface area (Å²) in [5.74, 6) is 5.41. The molecule has 0 spiro atoms. The lowest BCUT2D eigenvalue weighted by molar-refractivity contribution is 0.166. The highest BCUT2D eigenvalue weighted by molar-refractivity contribution is 7.90. The van der Waals surface area contributed by atoms with Crippen LogP contribution in [0.3, 0.4) is 0 Å². The van der Waals surface area contributed by atoms with E-state index in [1.807, 2.05) is 18.6 Å². The highest BCUT2D eigenvalue weighted by Gasteiger charge is 2.17. The third kappa shape index (κ3) is 5.33. The van der Waals surface area contributed by atoms with Gasteiger partial charge in [-0.2, -0.15) is 0 Å². The fourth-order valence-electron chi connectivity index (χ4n) is 1.28. The minimum Gasteiger partial charge on any atom is -0.436 e. The lowest BCUT2D eigenvalue weighted by Crippen LogP contribution is -2.31. The van der Waals surface area contributed by atoms with Crippen molar-refractivity contribution in [2.75, 3.05) is 6.61 Å². The van der Waals surface area contributed by atoms with E-state index in [-0.39, 0.29) is 11.5 Å². The highest BCUT2D eigenvalue weighted by atomic mass is 32.2. The second-order valence-electron chi connectivity index (χ2n) is 4.10. The molecule has 1 amide bonds. The van der Waals surface area contributed by atoms with E-state index in [9.17, 15) is 13.2 Å². The first kappa shape index (κ1) is 16.1. The van der Waals surface area contributed by atoms with Gasteiger partial charge in [-0.3, -0.25) is 0 Å². The zero-order valence-electron chi connectivity index (χ0n) is 11.5. The summed E-state index contributed by atoms with van der Waals surface area (Å²) in [5, 5.41) is 0. The van der Waals surface area contributed by atoms with Gasteiger partial charge in [0.15, 0.2) is 6.61 Å². The predicted octanol–water partition coefficient (Wildman–Crippen LogP) is 2.21. The second kappa shape index (κ2) is 7.56. The van der Waals surface area contributed by atoms with Gasteiger partial charge in [-0.15, -0.1) is 0 Å². The molecule has 0 saturated heterocycles. The molecule has 20 heavy (non-hydrogen) atoms. The summed E-state index contributed by atoms with van der Waals surface area (Å²) in [7, 11) is -3.90. The number of aryl methyl sites for hydroxylation is 1. The number of nitrogens with one attached hydrogen (secondary N) is 1. The average Bonchev–Trinajstić information content (AvgIpc) is 2.38. The van der Waals surface area contributed by atoms with Crippen molar-refractivity contribution in [1.82, 2.24) is 4.72 Å². The van der Waals surface area contributed by atoms with E-state index < -0.39 is 16.1 Å². The Labute approximate surface area is 119 Å². The number of ether oxygens (including phenoxy) is 1. The molecule has 0 bridgehead atoms. The quantitative estimate of drug-likeness (QED) is 0.864. The van der Waals surface area contributed by atoms with Crippen molar-refractivity contribution in [2.24, 2.45) is 0 Å². The predicted molar refractivity (Wildman–Crippen MR) is 75.5 cm³/mol. The number of carbonyl (C=O) groups is 1. The Hall–Kier alpha value is -2.00. The van der Waals surface area contributed by atoms with E-state index in [0.717, 1.165) is 12.0 Å². The second-order valence-corrected chi connectivity index (χ2v) is 5.78. The molecule has 0 aliphatic carbocycles. The number of sulfonamides is 1. The van der Waals surface area contributed by atoms with Crippen molar-refractivity contribution < 1.29 is 17.9 Å². The van der Waals surface area contributed by atoms with Crippen LogP contribution >= 0.6 is 0 Å². The van der Waals surface area contributed by atoms with Crippen molar-refractivity contribution >= 4 is 16.1 Å². The molecule has 0 aliphatic rings. The van der Waals surface area contributed by atoms with E-state index in [0.29, 0.717) is 6.42 Å². The van der Waals surface area contributed by atoms with Gasteiger partial charge in [0.05, 0.1) is 4.90 Å². The summed E-state index contributed by atoms with van der Waals surface area (Å²) >= 11 is 0. The Balaban J connectivity index is 2.57. The van der Waals surface area contributed by atoms with Gasteiger partial charge >= 0.3 is 6.09 Å².